The summed E-state index contributed by atoms with van der Waals surface area (Å²) in [6.45, 7) is 0. The zero-order chi connectivity index (χ0) is 37.0. The van der Waals surface area contributed by atoms with Crippen molar-refractivity contribution in [2.75, 3.05) is 10.6 Å². The molecular weight excluding hydrogens is 723 g/mol. The molecule has 6 nitrogen and oxygen atoms in total. The average Bonchev–Trinajstić information content (AvgIpc) is 3.25. The van der Waals surface area contributed by atoms with Crippen LogP contribution in [0.1, 0.15) is 64.2 Å². The van der Waals surface area contributed by atoms with Crippen molar-refractivity contribution in [1.29, 1.82) is 0 Å². The Hall–Kier alpha value is -5.02. The Morgan fingerprint density at radius 1 is 0.375 bits per heavy atom. The van der Waals surface area contributed by atoms with Gasteiger partial charge in [0.25, 0.3) is 0 Å². The lowest BCUT2D eigenvalue weighted by molar-refractivity contribution is 0.513. The molecule has 0 amide bonds. The summed E-state index contributed by atoms with van der Waals surface area (Å²) >= 11 is 0. The summed E-state index contributed by atoms with van der Waals surface area (Å²) in [6.07, 6.45) is 20.3. The molecule has 3 aliphatic rings. The van der Waals surface area contributed by atoms with Crippen molar-refractivity contribution in [2.45, 2.75) is 75.5 Å². The molecule has 0 atom stereocenters. The molecule has 0 saturated heterocycles. The molecule has 0 bridgehead atoms. The average molecular weight is 767 g/mol. The van der Waals surface area contributed by atoms with E-state index in [9.17, 15) is 0 Å². The van der Waals surface area contributed by atoms with E-state index >= 15 is 0 Å². The van der Waals surface area contributed by atoms with Crippen LogP contribution in [0.25, 0.3) is 43.6 Å². The van der Waals surface area contributed by atoms with E-state index in [1.165, 1.54) is 130 Å². The van der Waals surface area contributed by atoms with Gasteiger partial charge >= 0.3 is 0 Å². The molecule has 5 heterocycles. The minimum absolute atomic E-state index is 0.542. The van der Waals surface area contributed by atoms with E-state index in [-0.39, 0.29) is 0 Å². The van der Waals surface area contributed by atoms with Gasteiger partial charge < -0.3 is 10.6 Å². The van der Waals surface area contributed by atoms with Gasteiger partial charge in [-0.05, 0) is 126 Å². The number of pyridine rings is 4. The van der Waals surface area contributed by atoms with E-state index in [4.69, 9.17) is 19.9 Å². The number of rotatable bonds is 2. The number of anilines is 4. The minimum Gasteiger partial charge on any atom is -0.354 e. The Balaban J connectivity index is 1.27. The zero-order valence-corrected chi connectivity index (χ0v) is 33.2. The predicted molar refractivity (Wildman–Crippen MR) is 240 cm³/mol. The molecule has 8 aromatic rings. The maximum atomic E-state index is 4.93. The number of nitrogens with zero attached hydrogens (tertiary/aromatic N) is 4. The smallest absolute Gasteiger partial charge is 0.0723 e. The van der Waals surface area contributed by atoms with Gasteiger partial charge in [-0.25, -0.2) is 0 Å². The van der Waals surface area contributed by atoms with E-state index in [1.807, 2.05) is 24.8 Å². The van der Waals surface area contributed by atoms with Crippen molar-refractivity contribution in [3.8, 4) is 0 Å². The third-order valence-corrected chi connectivity index (χ3v) is 18.4. The third kappa shape index (κ3) is 6.19. The van der Waals surface area contributed by atoms with E-state index in [0.29, 0.717) is 11.3 Å². The first kappa shape index (κ1) is 34.2. The van der Waals surface area contributed by atoms with Gasteiger partial charge in [-0.1, -0.05) is 62.8 Å². The summed E-state index contributed by atoms with van der Waals surface area (Å²) in [6, 6.07) is 36.5. The highest BCUT2D eigenvalue weighted by Crippen LogP contribution is 2.54. The van der Waals surface area contributed by atoms with Crippen LogP contribution in [0.4, 0.5) is 22.7 Å². The molecule has 2 saturated carbocycles. The van der Waals surface area contributed by atoms with Gasteiger partial charge in [0.05, 0.1) is 22.1 Å². The Morgan fingerprint density at radius 2 is 0.661 bits per heavy atom. The van der Waals surface area contributed by atoms with Crippen molar-refractivity contribution in [3.63, 3.8) is 0 Å². The Labute approximate surface area is 330 Å². The van der Waals surface area contributed by atoms with Crippen LogP contribution in [0.3, 0.4) is 0 Å². The van der Waals surface area contributed by atoms with Crippen LogP contribution < -0.4 is 31.9 Å². The second kappa shape index (κ2) is 14.5. The molecule has 11 rings (SSSR count). The lowest BCUT2D eigenvalue weighted by Crippen LogP contribution is -2.30. The number of benzene rings is 4. The fourth-order valence-electron chi connectivity index (χ4n) is 9.65. The van der Waals surface area contributed by atoms with Crippen molar-refractivity contribution >= 4 is 103 Å². The number of hydrogen-bond donors (Lipinski definition) is 2. The summed E-state index contributed by atoms with van der Waals surface area (Å²) in [4.78, 5) is 19.7. The first-order chi connectivity index (χ1) is 27.7. The highest BCUT2D eigenvalue weighted by atomic mass is 31.1. The fourth-order valence-corrected chi connectivity index (χ4v) is 16.1. The molecule has 2 aliphatic carbocycles. The molecular formula is C48H44N6P2. The first-order valence-electron chi connectivity index (χ1n) is 20.4. The van der Waals surface area contributed by atoms with Gasteiger partial charge in [0, 0.05) is 90.3 Å². The van der Waals surface area contributed by atoms with E-state index < -0.39 is 15.8 Å². The van der Waals surface area contributed by atoms with Crippen LogP contribution in [0.15, 0.2) is 122 Å². The van der Waals surface area contributed by atoms with E-state index in [2.05, 4.69) is 108 Å². The second-order valence-corrected chi connectivity index (χ2v) is 20.7. The Morgan fingerprint density at radius 3 is 0.946 bits per heavy atom. The molecule has 0 radical (unpaired) electrons. The summed E-state index contributed by atoms with van der Waals surface area (Å²) < 4.78 is 0. The SMILES string of the molecule is c1cnc2cc3c(cc2c1)P(C1CCCCC1)c1cc2cccnc2cc1Nc1cc2ncccc2cc1P(C1CCCCC1)c1cc2cccnc2cc1N3. The fraction of sp³-hybridized carbons (Fsp3) is 0.250. The largest absolute Gasteiger partial charge is 0.354 e. The van der Waals surface area contributed by atoms with Gasteiger partial charge in [0.1, 0.15) is 0 Å². The third-order valence-electron chi connectivity index (χ3n) is 12.3. The highest BCUT2D eigenvalue weighted by Gasteiger charge is 2.35. The number of nitrogens with one attached hydrogen (secondary N) is 2. The summed E-state index contributed by atoms with van der Waals surface area (Å²) in [7, 11) is -1.68. The van der Waals surface area contributed by atoms with Crippen molar-refractivity contribution < 1.29 is 0 Å². The summed E-state index contributed by atoms with van der Waals surface area (Å²) in [5.41, 5.74) is 9.84. The number of fused-ring (bicyclic) bond motifs is 8. The van der Waals surface area contributed by atoms with Gasteiger partial charge in [-0.2, -0.15) is 0 Å². The molecule has 2 N–H and O–H groups in total. The monoisotopic (exact) mass is 766 g/mol. The van der Waals surface area contributed by atoms with Gasteiger partial charge in [0.2, 0.25) is 0 Å². The molecule has 0 spiro atoms. The lowest BCUT2D eigenvalue weighted by Gasteiger charge is -2.37. The van der Waals surface area contributed by atoms with Crippen molar-refractivity contribution in [3.05, 3.63) is 122 Å². The van der Waals surface area contributed by atoms with Crippen LogP contribution in [0.5, 0.6) is 0 Å². The maximum absolute atomic E-state index is 4.93. The molecule has 4 aromatic carbocycles. The van der Waals surface area contributed by atoms with Gasteiger partial charge in [0.15, 0.2) is 0 Å². The molecule has 4 aromatic heterocycles. The van der Waals surface area contributed by atoms with Gasteiger partial charge in [-0.15, -0.1) is 0 Å². The molecule has 1 aliphatic heterocycles. The summed E-state index contributed by atoms with van der Waals surface area (Å²) in [5.74, 6) is 0. The number of aromatic nitrogens is 4. The maximum Gasteiger partial charge on any atom is 0.0723 e. The molecule has 56 heavy (non-hydrogen) atoms. The Kier molecular flexibility index (Phi) is 8.86. The van der Waals surface area contributed by atoms with Crippen molar-refractivity contribution in [2.24, 2.45) is 0 Å². The number of hydrogen-bond acceptors (Lipinski definition) is 6. The molecule has 0 unspecified atom stereocenters. The normalized spacial score (nSPS) is 19.2. The standard InChI is InChI=1S/C48H44N6P2/c1-3-15-35(16-4-1)55-45-23-31-11-7-19-49-37(31)27-41(45)53-43-29-39-33(13-9-21-51-39)25-47(43)56(36-17-5-2-6-18-36)48-26-34-14-10-22-52-40(34)30-44(48)54-42-28-38-32(24-46(42)55)12-8-20-50-38/h7-14,19-30,35-36,53-54H,1-6,15-18H2. The summed E-state index contributed by atoms with van der Waals surface area (Å²) in [5, 5.41) is 18.8. The Bertz CT molecular complexity index is 2410. The van der Waals surface area contributed by atoms with Gasteiger partial charge in [-0.3, -0.25) is 19.9 Å². The topological polar surface area (TPSA) is 75.6 Å². The lowest BCUT2D eigenvalue weighted by atomic mass is 10.0. The minimum atomic E-state index is -0.838. The predicted octanol–water partition coefficient (Wildman–Crippen LogP) is 11.2. The van der Waals surface area contributed by atoms with Crippen molar-refractivity contribution in [1.82, 2.24) is 19.9 Å². The van der Waals surface area contributed by atoms with Crippen LogP contribution in [0.2, 0.25) is 0 Å². The quantitative estimate of drug-likeness (QED) is 0.171. The van der Waals surface area contributed by atoms with Crippen LogP contribution >= 0.6 is 15.8 Å². The van der Waals surface area contributed by atoms with E-state index in [0.717, 1.165) is 22.1 Å². The first-order valence-corrected chi connectivity index (χ1v) is 23.2. The molecule has 8 heteroatoms. The molecule has 2 fully saturated rings. The van der Waals surface area contributed by atoms with Crippen LogP contribution in [-0.2, 0) is 0 Å². The van der Waals surface area contributed by atoms with Crippen LogP contribution in [-0.4, -0.2) is 31.3 Å². The highest BCUT2D eigenvalue weighted by molar-refractivity contribution is 7.75. The zero-order valence-electron chi connectivity index (χ0n) is 31.5. The van der Waals surface area contributed by atoms with Crippen LogP contribution in [0, 0.1) is 0 Å². The second-order valence-electron chi connectivity index (χ2n) is 15.8. The van der Waals surface area contributed by atoms with E-state index in [1.54, 1.807) is 0 Å². The molecule has 276 valence electrons.